The molecule has 0 aromatic carbocycles. The van der Waals surface area contributed by atoms with Crippen molar-refractivity contribution in [1.82, 2.24) is 9.78 Å². The number of carbonyl (C=O) groups is 1. The van der Waals surface area contributed by atoms with Crippen molar-refractivity contribution in [3.63, 3.8) is 0 Å². The molecule has 0 aliphatic rings. The summed E-state index contributed by atoms with van der Waals surface area (Å²) in [5.74, 6) is -0.396. The van der Waals surface area contributed by atoms with E-state index in [1.165, 1.54) is 0 Å². The number of rotatable bonds is 5. The van der Waals surface area contributed by atoms with Crippen LogP contribution >= 0.6 is 0 Å². The van der Waals surface area contributed by atoms with E-state index in [2.05, 4.69) is 12.0 Å². The fraction of sp³-hybridized carbons (Fsp3) is 0.714. The highest BCUT2D eigenvalue weighted by molar-refractivity contribution is 5.76. The molecule has 0 saturated heterocycles. The van der Waals surface area contributed by atoms with Gasteiger partial charge in [0.1, 0.15) is 11.6 Å². The molecule has 0 amide bonds. The van der Waals surface area contributed by atoms with Crippen LogP contribution in [0.4, 0.5) is 0 Å². The Hall–Kier alpha value is -1.36. The zero-order chi connectivity index (χ0) is 14.6. The Morgan fingerprint density at radius 2 is 2.16 bits per heavy atom. The normalized spacial score (nSPS) is 15.1. The topological polar surface area (TPSA) is 70.1 Å². The third kappa shape index (κ3) is 4.67. The molecule has 5 heteroatoms. The van der Waals surface area contributed by atoms with Crippen LogP contribution in [-0.2, 0) is 16.0 Å². The Balaban J connectivity index is 2.69. The molecule has 19 heavy (non-hydrogen) atoms. The van der Waals surface area contributed by atoms with Gasteiger partial charge in [-0.2, -0.15) is 5.10 Å². The van der Waals surface area contributed by atoms with Gasteiger partial charge in [-0.15, -0.1) is 0 Å². The molecule has 0 spiro atoms. The number of hydrogen-bond donors (Lipinski definition) is 1. The van der Waals surface area contributed by atoms with E-state index in [1.807, 2.05) is 40.1 Å². The second-order valence-electron chi connectivity index (χ2n) is 5.88. The number of hydrogen-bond acceptors (Lipinski definition) is 4. The maximum atomic E-state index is 11.9. The first-order valence-electron chi connectivity index (χ1n) is 6.76. The zero-order valence-corrected chi connectivity index (χ0v) is 12.5. The number of esters is 1. The highest BCUT2D eigenvalue weighted by Crippen LogP contribution is 2.15. The van der Waals surface area contributed by atoms with Crippen LogP contribution in [0.5, 0.6) is 0 Å². The number of aryl methyl sites for hydroxylation is 1. The van der Waals surface area contributed by atoms with Gasteiger partial charge in [-0.3, -0.25) is 9.48 Å². The lowest BCUT2D eigenvalue weighted by Gasteiger charge is -2.25. The fourth-order valence-corrected chi connectivity index (χ4v) is 1.75. The fourth-order valence-electron chi connectivity index (χ4n) is 1.75. The van der Waals surface area contributed by atoms with E-state index in [0.717, 1.165) is 18.4 Å². The SMILES string of the molecule is CCCc1cnn(C(C)C(N)C(=O)OC(C)(C)C)c1. The highest BCUT2D eigenvalue weighted by Gasteiger charge is 2.27. The molecule has 0 radical (unpaired) electrons. The first-order valence-corrected chi connectivity index (χ1v) is 6.76. The lowest BCUT2D eigenvalue weighted by Crippen LogP contribution is -2.42. The molecule has 0 bridgehead atoms. The van der Waals surface area contributed by atoms with Crippen molar-refractivity contribution < 1.29 is 9.53 Å². The molecule has 1 aromatic rings. The van der Waals surface area contributed by atoms with E-state index >= 15 is 0 Å². The smallest absolute Gasteiger partial charge is 0.325 e. The summed E-state index contributed by atoms with van der Waals surface area (Å²) in [6, 6.07) is -0.936. The lowest BCUT2D eigenvalue weighted by atomic mass is 10.1. The molecule has 1 aromatic heterocycles. The van der Waals surface area contributed by atoms with Crippen LogP contribution < -0.4 is 5.73 Å². The minimum absolute atomic E-state index is 0.222. The monoisotopic (exact) mass is 267 g/mol. The van der Waals surface area contributed by atoms with Crippen molar-refractivity contribution in [2.75, 3.05) is 0 Å². The number of aromatic nitrogens is 2. The molecule has 1 heterocycles. The molecule has 2 N–H and O–H groups in total. The van der Waals surface area contributed by atoms with Crippen LogP contribution in [0.2, 0.25) is 0 Å². The van der Waals surface area contributed by atoms with Crippen molar-refractivity contribution in [3.8, 4) is 0 Å². The van der Waals surface area contributed by atoms with Crippen molar-refractivity contribution in [2.45, 2.75) is 65.1 Å². The maximum Gasteiger partial charge on any atom is 0.325 e. The molecular weight excluding hydrogens is 242 g/mol. The van der Waals surface area contributed by atoms with Gasteiger partial charge in [0.2, 0.25) is 0 Å². The minimum atomic E-state index is -0.714. The lowest BCUT2D eigenvalue weighted by molar-refractivity contribution is -0.157. The van der Waals surface area contributed by atoms with Crippen molar-refractivity contribution in [3.05, 3.63) is 18.0 Å². The standard InChI is InChI=1S/C14H25N3O2/c1-6-7-11-8-16-17(9-11)10(2)12(15)13(18)19-14(3,4)5/h8-10,12H,6-7,15H2,1-5H3. The molecule has 2 unspecified atom stereocenters. The van der Waals surface area contributed by atoms with Gasteiger partial charge in [-0.1, -0.05) is 13.3 Å². The van der Waals surface area contributed by atoms with E-state index in [4.69, 9.17) is 10.5 Å². The quantitative estimate of drug-likeness (QED) is 0.829. The Morgan fingerprint density at radius 3 is 2.68 bits per heavy atom. The summed E-state index contributed by atoms with van der Waals surface area (Å²) in [6.45, 7) is 9.48. The number of nitrogens with two attached hydrogens (primary N) is 1. The molecule has 1 rings (SSSR count). The number of nitrogens with zero attached hydrogens (tertiary/aromatic N) is 2. The largest absolute Gasteiger partial charge is 0.459 e. The molecule has 0 aliphatic heterocycles. The summed E-state index contributed by atoms with van der Waals surface area (Å²) >= 11 is 0. The molecule has 5 nitrogen and oxygen atoms in total. The van der Waals surface area contributed by atoms with E-state index in [-0.39, 0.29) is 6.04 Å². The van der Waals surface area contributed by atoms with Crippen LogP contribution in [0.3, 0.4) is 0 Å². The number of carbonyl (C=O) groups excluding carboxylic acids is 1. The number of ether oxygens (including phenoxy) is 1. The van der Waals surface area contributed by atoms with Crippen LogP contribution in [0.25, 0.3) is 0 Å². The Bertz CT molecular complexity index is 421. The Labute approximate surface area is 115 Å². The average molecular weight is 267 g/mol. The Kier molecular flexibility index (Phi) is 5.11. The summed E-state index contributed by atoms with van der Waals surface area (Å²) < 4.78 is 7.03. The van der Waals surface area contributed by atoms with Gasteiger partial charge in [0.05, 0.1) is 12.2 Å². The second-order valence-corrected chi connectivity index (χ2v) is 5.88. The minimum Gasteiger partial charge on any atom is -0.459 e. The van der Waals surface area contributed by atoms with Crippen LogP contribution in [0.15, 0.2) is 12.4 Å². The van der Waals surface area contributed by atoms with Gasteiger partial charge in [-0.25, -0.2) is 0 Å². The molecule has 108 valence electrons. The van der Waals surface area contributed by atoms with Crippen molar-refractivity contribution >= 4 is 5.97 Å². The van der Waals surface area contributed by atoms with E-state index < -0.39 is 17.6 Å². The van der Waals surface area contributed by atoms with Gasteiger partial charge < -0.3 is 10.5 Å². The van der Waals surface area contributed by atoms with Gasteiger partial charge in [-0.05, 0) is 39.7 Å². The summed E-state index contributed by atoms with van der Waals surface area (Å²) in [7, 11) is 0. The predicted molar refractivity (Wildman–Crippen MR) is 74.8 cm³/mol. The van der Waals surface area contributed by atoms with E-state index in [0.29, 0.717) is 0 Å². The van der Waals surface area contributed by atoms with Gasteiger partial charge in [0, 0.05) is 6.20 Å². The van der Waals surface area contributed by atoms with Gasteiger partial charge in [0.15, 0.2) is 0 Å². The average Bonchev–Trinajstić information content (AvgIpc) is 2.74. The van der Waals surface area contributed by atoms with Crippen LogP contribution in [-0.4, -0.2) is 27.4 Å². The summed E-state index contributed by atoms with van der Waals surface area (Å²) in [6.07, 6.45) is 5.81. The summed E-state index contributed by atoms with van der Waals surface area (Å²) in [5.41, 5.74) is 6.58. The second kappa shape index (κ2) is 6.19. The molecule has 0 aliphatic carbocycles. The molecule has 2 atom stereocenters. The van der Waals surface area contributed by atoms with Crippen LogP contribution in [0.1, 0.15) is 52.6 Å². The molecule has 0 fully saturated rings. The van der Waals surface area contributed by atoms with E-state index in [1.54, 1.807) is 4.68 Å². The summed E-state index contributed by atoms with van der Waals surface area (Å²) in [4.78, 5) is 11.9. The zero-order valence-electron chi connectivity index (χ0n) is 12.5. The highest BCUT2D eigenvalue weighted by atomic mass is 16.6. The van der Waals surface area contributed by atoms with E-state index in [9.17, 15) is 4.79 Å². The van der Waals surface area contributed by atoms with Crippen molar-refractivity contribution in [2.24, 2.45) is 5.73 Å². The maximum absolute atomic E-state index is 11.9. The van der Waals surface area contributed by atoms with Crippen molar-refractivity contribution in [1.29, 1.82) is 0 Å². The van der Waals surface area contributed by atoms with Crippen LogP contribution in [0, 0.1) is 0 Å². The first-order chi connectivity index (χ1) is 8.74. The predicted octanol–water partition coefficient (Wildman–Crippen LogP) is 2.07. The van der Waals surface area contributed by atoms with Gasteiger partial charge in [0.25, 0.3) is 0 Å². The third-order valence-corrected chi connectivity index (χ3v) is 2.81. The third-order valence-electron chi connectivity index (χ3n) is 2.81. The van der Waals surface area contributed by atoms with Gasteiger partial charge >= 0.3 is 5.97 Å². The molecular formula is C14H25N3O2. The Morgan fingerprint density at radius 1 is 1.53 bits per heavy atom. The summed E-state index contributed by atoms with van der Waals surface area (Å²) in [5, 5.41) is 4.26. The molecule has 0 saturated carbocycles. The first kappa shape index (κ1) is 15.7.